The lowest BCUT2D eigenvalue weighted by molar-refractivity contribution is 0.138. The van der Waals surface area contributed by atoms with Crippen LogP contribution in [0.25, 0.3) is 0 Å². The lowest BCUT2D eigenvalue weighted by atomic mass is 10.1. The summed E-state index contributed by atoms with van der Waals surface area (Å²) >= 11 is 3.55. The van der Waals surface area contributed by atoms with Crippen LogP contribution in [0.15, 0.2) is 18.2 Å². The highest BCUT2D eigenvalue weighted by Crippen LogP contribution is 2.31. The maximum atomic E-state index is 6.13. The lowest BCUT2D eigenvalue weighted by Crippen LogP contribution is -2.38. The minimum absolute atomic E-state index is 0.358. The molecular weight excluding hydrogens is 314 g/mol. The largest absolute Gasteiger partial charge is 0.488 e. The average Bonchev–Trinajstić information content (AvgIpc) is 3.02. The molecule has 2 atom stereocenters. The SMILES string of the molecule is Cc1ccc2c(c1)CC(CN1CCCC1CCCBr)O2. The second-order valence-corrected chi connectivity index (χ2v) is 6.97. The fourth-order valence-electron chi connectivity index (χ4n) is 3.59. The van der Waals surface area contributed by atoms with Crippen molar-refractivity contribution in [3.05, 3.63) is 29.3 Å². The molecule has 1 aromatic carbocycles. The molecule has 20 heavy (non-hydrogen) atoms. The van der Waals surface area contributed by atoms with Crippen molar-refractivity contribution < 1.29 is 4.74 Å². The number of benzene rings is 1. The molecule has 1 fully saturated rings. The number of ether oxygens (including phenoxy) is 1. The molecule has 0 bridgehead atoms. The molecular formula is C17H24BrNO. The van der Waals surface area contributed by atoms with Gasteiger partial charge >= 0.3 is 0 Å². The first-order valence-electron chi connectivity index (χ1n) is 7.82. The van der Waals surface area contributed by atoms with E-state index < -0.39 is 0 Å². The molecule has 2 heterocycles. The molecule has 1 saturated heterocycles. The van der Waals surface area contributed by atoms with Gasteiger partial charge in [0, 0.05) is 24.3 Å². The molecule has 0 N–H and O–H groups in total. The van der Waals surface area contributed by atoms with E-state index in [1.54, 1.807) is 0 Å². The van der Waals surface area contributed by atoms with Crippen LogP contribution in [-0.4, -0.2) is 35.5 Å². The molecule has 0 spiro atoms. The Morgan fingerprint density at radius 2 is 2.30 bits per heavy atom. The second-order valence-electron chi connectivity index (χ2n) is 6.18. The number of fused-ring (bicyclic) bond motifs is 1. The first-order chi connectivity index (χ1) is 9.76. The summed E-state index contributed by atoms with van der Waals surface area (Å²) in [5.41, 5.74) is 2.73. The third-order valence-corrected chi connectivity index (χ3v) is 5.13. The molecule has 3 heteroatoms. The van der Waals surface area contributed by atoms with Gasteiger partial charge < -0.3 is 4.74 Å². The Kier molecular flexibility index (Phi) is 4.67. The highest BCUT2D eigenvalue weighted by molar-refractivity contribution is 9.09. The standard InChI is InChI=1S/C17H24BrNO/c1-13-6-7-17-14(10-13)11-16(20-17)12-19-9-3-5-15(19)4-2-8-18/h6-7,10,15-16H,2-5,8-9,11-12H2,1H3. The minimum atomic E-state index is 0.358. The molecule has 0 aliphatic carbocycles. The van der Waals surface area contributed by atoms with Gasteiger partial charge in [0.15, 0.2) is 0 Å². The van der Waals surface area contributed by atoms with E-state index in [4.69, 9.17) is 4.74 Å². The van der Waals surface area contributed by atoms with Crippen molar-refractivity contribution in [3.8, 4) is 5.75 Å². The van der Waals surface area contributed by atoms with Gasteiger partial charge in [-0.25, -0.2) is 0 Å². The van der Waals surface area contributed by atoms with Gasteiger partial charge in [0.05, 0.1) is 0 Å². The van der Waals surface area contributed by atoms with Crippen molar-refractivity contribution in [3.63, 3.8) is 0 Å². The van der Waals surface area contributed by atoms with Crippen molar-refractivity contribution in [2.24, 2.45) is 0 Å². The zero-order chi connectivity index (χ0) is 13.9. The van der Waals surface area contributed by atoms with Crippen molar-refractivity contribution >= 4 is 15.9 Å². The number of likely N-dealkylation sites (tertiary alicyclic amines) is 1. The zero-order valence-corrected chi connectivity index (χ0v) is 13.9. The summed E-state index contributed by atoms with van der Waals surface area (Å²) in [6, 6.07) is 7.34. The highest BCUT2D eigenvalue weighted by atomic mass is 79.9. The van der Waals surface area contributed by atoms with Crippen LogP contribution in [0.1, 0.15) is 36.8 Å². The molecule has 110 valence electrons. The molecule has 2 aliphatic rings. The van der Waals surface area contributed by atoms with E-state index in [9.17, 15) is 0 Å². The molecule has 3 rings (SSSR count). The Morgan fingerprint density at radius 3 is 3.15 bits per heavy atom. The Balaban J connectivity index is 1.57. The van der Waals surface area contributed by atoms with Gasteiger partial charge in [-0.3, -0.25) is 4.90 Å². The van der Waals surface area contributed by atoms with E-state index in [1.807, 2.05) is 0 Å². The van der Waals surface area contributed by atoms with Crippen LogP contribution < -0.4 is 4.74 Å². The van der Waals surface area contributed by atoms with E-state index in [-0.39, 0.29) is 0 Å². The number of nitrogens with zero attached hydrogens (tertiary/aromatic N) is 1. The quantitative estimate of drug-likeness (QED) is 0.754. The van der Waals surface area contributed by atoms with Crippen molar-refractivity contribution in [2.45, 2.75) is 51.2 Å². The molecule has 2 nitrogen and oxygen atoms in total. The van der Waals surface area contributed by atoms with Crippen LogP contribution in [0, 0.1) is 6.92 Å². The number of halogens is 1. The molecule has 0 amide bonds. The van der Waals surface area contributed by atoms with Crippen LogP contribution >= 0.6 is 15.9 Å². The number of rotatable bonds is 5. The highest BCUT2D eigenvalue weighted by Gasteiger charge is 2.30. The Hall–Kier alpha value is -0.540. The number of aryl methyl sites for hydroxylation is 1. The fraction of sp³-hybridized carbons (Fsp3) is 0.647. The minimum Gasteiger partial charge on any atom is -0.488 e. The van der Waals surface area contributed by atoms with Crippen molar-refractivity contribution in [1.82, 2.24) is 4.90 Å². The summed E-state index contributed by atoms with van der Waals surface area (Å²) in [6.45, 7) is 4.51. The number of alkyl halides is 1. The topological polar surface area (TPSA) is 12.5 Å². The third-order valence-electron chi connectivity index (χ3n) is 4.57. The molecule has 0 aromatic heterocycles. The van der Waals surface area contributed by atoms with Crippen LogP contribution in [0.2, 0.25) is 0 Å². The third kappa shape index (κ3) is 3.20. The van der Waals surface area contributed by atoms with Crippen LogP contribution in [-0.2, 0) is 6.42 Å². The van der Waals surface area contributed by atoms with E-state index >= 15 is 0 Å². The van der Waals surface area contributed by atoms with Crippen LogP contribution in [0.5, 0.6) is 5.75 Å². The summed E-state index contributed by atoms with van der Waals surface area (Å²) < 4.78 is 6.13. The van der Waals surface area contributed by atoms with E-state index in [0.29, 0.717) is 6.10 Å². The Morgan fingerprint density at radius 1 is 1.40 bits per heavy atom. The molecule has 0 radical (unpaired) electrons. The monoisotopic (exact) mass is 337 g/mol. The predicted molar refractivity (Wildman–Crippen MR) is 86.9 cm³/mol. The molecule has 2 unspecified atom stereocenters. The van der Waals surface area contributed by atoms with Crippen molar-refractivity contribution in [2.75, 3.05) is 18.4 Å². The second kappa shape index (κ2) is 6.48. The van der Waals surface area contributed by atoms with Gasteiger partial charge in [0.1, 0.15) is 11.9 Å². The summed E-state index contributed by atoms with van der Waals surface area (Å²) in [6.07, 6.45) is 6.77. The van der Waals surface area contributed by atoms with Gasteiger partial charge in [-0.05, 0) is 50.8 Å². The molecule has 2 aliphatic heterocycles. The number of hydrogen-bond donors (Lipinski definition) is 0. The van der Waals surface area contributed by atoms with E-state index in [2.05, 4.69) is 46.0 Å². The number of hydrogen-bond acceptors (Lipinski definition) is 2. The maximum absolute atomic E-state index is 6.13. The normalized spacial score (nSPS) is 25.7. The van der Waals surface area contributed by atoms with Crippen LogP contribution in [0.4, 0.5) is 0 Å². The lowest BCUT2D eigenvalue weighted by Gasteiger charge is -2.26. The first kappa shape index (κ1) is 14.4. The Bertz CT molecular complexity index is 462. The van der Waals surface area contributed by atoms with Crippen molar-refractivity contribution in [1.29, 1.82) is 0 Å². The Labute approximate surface area is 130 Å². The smallest absolute Gasteiger partial charge is 0.123 e. The van der Waals surface area contributed by atoms with Gasteiger partial charge in [-0.15, -0.1) is 0 Å². The summed E-state index contributed by atoms with van der Waals surface area (Å²) in [4.78, 5) is 2.66. The van der Waals surface area contributed by atoms with Gasteiger partial charge in [0.2, 0.25) is 0 Å². The summed E-state index contributed by atoms with van der Waals surface area (Å²) in [5, 5.41) is 1.13. The van der Waals surface area contributed by atoms with Gasteiger partial charge in [-0.2, -0.15) is 0 Å². The summed E-state index contributed by atoms with van der Waals surface area (Å²) in [5.74, 6) is 1.11. The molecule has 1 aromatic rings. The van der Waals surface area contributed by atoms with Gasteiger partial charge in [0.25, 0.3) is 0 Å². The van der Waals surface area contributed by atoms with E-state index in [1.165, 1.54) is 43.4 Å². The first-order valence-corrected chi connectivity index (χ1v) is 8.94. The zero-order valence-electron chi connectivity index (χ0n) is 12.3. The van der Waals surface area contributed by atoms with E-state index in [0.717, 1.165) is 30.1 Å². The maximum Gasteiger partial charge on any atom is 0.123 e. The van der Waals surface area contributed by atoms with Gasteiger partial charge in [-0.1, -0.05) is 33.6 Å². The predicted octanol–water partition coefficient (Wildman–Crippen LogP) is 3.94. The van der Waals surface area contributed by atoms with Crippen LogP contribution in [0.3, 0.4) is 0 Å². The fourth-order valence-corrected chi connectivity index (χ4v) is 3.91. The molecule has 0 saturated carbocycles. The average molecular weight is 338 g/mol. The summed E-state index contributed by atoms with van der Waals surface area (Å²) in [7, 11) is 0.